The van der Waals surface area contributed by atoms with Gasteiger partial charge in [-0.05, 0) is 150 Å². The van der Waals surface area contributed by atoms with Gasteiger partial charge in [-0.25, -0.2) is 9.97 Å². The van der Waals surface area contributed by atoms with Crippen molar-refractivity contribution in [3.8, 4) is 45.0 Å². The zero-order chi connectivity index (χ0) is 55.5. The van der Waals surface area contributed by atoms with E-state index in [0.29, 0.717) is 0 Å². The summed E-state index contributed by atoms with van der Waals surface area (Å²) in [5.41, 5.74) is 20.6. The minimum atomic E-state index is 0.803. The number of hydrogen-bond donors (Lipinski definition) is 0. The van der Waals surface area contributed by atoms with Crippen molar-refractivity contribution in [2.24, 2.45) is 0 Å². The van der Waals surface area contributed by atoms with Crippen LogP contribution in [0.1, 0.15) is 0 Å². The Hall–Kier alpha value is -11.3. The van der Waals surface area contributed by atoms with E-state index in [0.717, 1.165) is 90.2 Å². The van der Waals surface area contributed by atoms with Crippen molar-refractivity contribution in [3.05, 3.63) is 315 Å². The molecule has 0 amide bonds. The third-order valence-electron chi connectivity index (χ3n) is 16.5. The maximum absolute atomic E-state index is 5.68. The second-order valence-electron chi connectivity index (χ2n) is 21.4. The summed E-state index contributed by atoms with van der Waals surface area (Å²) in [5.74, 6) is 0. The van der Waals surface area contributed by atoms with E-state index in [1.165, 1.54) is 54.4 Å². The first-order valence-electron chi connectivity index (χ1n) is 28.6. The highest BCUT2D eigenvalue weighted by Crippen LogP contribution is 2.43. The summed E-state index contributed by atoms with van der Waals surface area (Å²) >= 11 is 0. The highest BCUT2D eigenvalue weighted by molar-refractivity contribution is 6.10. The summed E-state index contributed by atoms with van der Waals surface area (Å²) in [4.78, 5) is 15.9. The lowest BCUT2D eigenvalue weighted by atomic mass is 9.98. The number of fused-ring (bicyclic) bond motifs is 8. The van der Waals surface area contributed by atoms with Crippen LogP contribution in [0.3, 0.4) is 0 Å². The van der Waals surface area contributed by atoms with E-state index in [4.69, 9.17) is 9.97 Å². The van der Waals surface area contributed by atoms with Gasteiger partial charge in [0.05, 0.1) is 44.5 Å². The Morgan fingerprint density at radius 1 is 0.250 bits per heavy atom. The topological polar surface area (TPSA) is 42.1 Å². The second kappa shape index (κ2) is 20.3. The molecule has 0 saturated heterocycles. The van der Waals surface area contributed by atoms with Crippen LogP contribution in [-0.2, 0) is 0 Å². The first kappa shape index (κ1) is 48.6. The van der Waals surface area contributed by atoms with Gasteiger partial charge >= 0.3 is 0 Å². The minimum absolute atomic E-state index is 0.803. The largest absolute Gasteiger partial charge is 0.311 e. The summed E-state index contributed by atoms with van der Waals surface area (Å²) in [7, 11) is 0. The quantitative estimate of drug-likeness (QED) is 0.129. The van der Waals surface area contributed by atoms with Gasteiger partial charge in [-0.1, -0.05) is 182 Å². The maximum atomic E-state index is 5.68. The maximum Gasteiger partial charge on any atom is 0.0973 e. The Morgan fingerprint density at radius 3 is 1.06 bits per heavy atom. The monoisotopic (exact) mass is 1070 g/mol. The van der Waals surface area contributed by atoms with Crippen molar-refractivity contribution >= 4 is 99.5 Å². The Kier molecular flexibility index (Phi) is 11.8. The Bertz CT molecular complexity index is 5000. The molecule has 3 heterocycles. The summed E-state index contributed by atoms with van der Waals surface area (Å²) < 4.78 is 4.73. The van der Waals surface area contributed by atoms with E-state index < -0.39 is 0 Å². The lowest BCUT2D eigenvalue weighted by Crippen LogP contribution is -2.10. The minimum Gasteiger partial charge on any atom is -0.311 e. The third-order valence-corrected chi connectivity index (χ3v) is 16.5. The summed E-state index contributed by atoms with van der Waals surface area (Å²) in [5, 5.41) is 7.36. The molecule has 0 bridgehead atoms. The molecular weight excluding hydrogens is 1020 g/mol. The van der Waals surface area contributed by atoms with E-state index in [1.807, 2.05) is 0 Å². The number of para-hydroxylation sites is 7. The molecule has 0 N–H and O–H groups in total. The van der Waals surface area contributed by atoms with Gasteiger partial charge < -0.3 is 18.9 Å². The van der Waals surface area contributed by atoms with Crippen LogP contribution in [0.2, 0.25) is 0 Å². The lowest BCUT2D eigenvalue weighted by Gasteiger charge is -2.26. The molecule has 0 aliphatic rings. The van der Waals surface area contributed by atoms with Crippen LogP contribution in [0.15, 0.2) is 315 Å². The lowest BCUT2D eigenvalue weighted by molar-refractivity contribution is 1.17. The van der Waals surface area contributed by atoms with E-state index in [2.05, 4.69) is 334 Å². The van der Waals surface area contributed by atoms with Gasteiger partial charge in [-0.3, -0.25) is 0 Å². The Morgan fingerprint density at radius 2 is 0.607 bits per heavy atom. The Labute approximate surface area is 486 Å². The van der Waals surface area contributed by atoms with Crippen LogP contribution in [0.5, 0.6) is 0 Å². The van der Waals surface area contributed by atoms with Gasteiger partial charge in [0.15, 0.2) is 0 Å². The average Bonchev–Trinajstić information content (AvgIpc) is 2.40. The van der Waals surface area contributed by atoms with Crippen LogP contribution in [0.25, 0.3) is 110 Å². The number of rotatable bonds is 11. The molecule has 6 heteroatoms. The van der Waals surface area contributed by atoms with Crippen LogP contribution in [0, 0.1) is 0 Å². The van der Waals surface area contributed by atoms with Crippen LogP contribution in [-0.4, -0.2) is 19.1 Å². The highest BCUT2D eigenvalue weighted by Gasteiger charge is 2.21. The Balaban J connectivity index is 0.796. The standard InChI is InChI=1S/C78H52N6/c1-3-20-58(21-4-1)81(62-44-48-64(49-45-62)83-72-30-13-9-24-67(72)68-25-10-14-31-73(68)83)60-40-36-54(37-41-60)76-77(80-78-66(28-17-29-71(78)79-76)57-35-34-53-18-7-8-19-56(53)52-57)55-38-42-61(43-39-55)82(59-22-5-2-6-23-59)63-46-50-65(51-47-63)84-74-32-15-11-26-69(74)70-27-12-16-33-75(70)84/h1-52H. The first-order chi connectivity index (χ1) is 41.7. The van der Waals surface area contributed by atoms with Crippen molar-refractivity contribution < 1.29 is 0 Å². The molecule has 0 aliphatic carbocycles. The number of aromatic nitrogens is 4. The van der Waals surface area contributed by atoms with Gasteiger partial charge in [0.1, 0.15) is 0 Å². The fourth-order valence-corrected chi connectivity index (χ4v) is 12.6. The molecule has 0 spiro atoms. The number of hydrogen-bond acceptors (Lipinski definition) is 4. The molecule has 16 aromatic rings. The smallest absolute Gasteiger partial charge is 0.0973 e. The predicted octanol–water partition coefficient (Wildman–Crippen LogP) is 20.9. The van der Waals surface area contributed by atoms with Crippen LogP contribution < -0.4 is 9.80 Å². The second-order valence-corrected chi connectivity index (χ2v) is 21.4. The van der Waals surface area contributed by atoms with E-state index in [9.17, 15) is 0 Å². The molecule has 3 aromatic heterocycles. The summed E-state index contributed by atoms with van der Waals surface area (Å²) in [6, 6.07) is 113. The van der Waals surface area contributed by atoms with E-state index in [-0.39, 0.29) is 0 Å². The van der Waals surface area contributed by atoms with Crippen molar-refractivity contribution in [1.82, 2.24) is 19.1 Å². The van der Waals surface area contributed by atoms with Gasteiger partial charge in [0, 0.05) is 83.7 Å². The number of benzene rings is 13. The van der Waals surface area contributed by atoms with Gasteiger partial charge in [0.25, 0.3) is 0 Å². The van der Waals surface area contributed by atoms with Crippen molar-refractivity contribution in [2.75, 3.05) is 9.80 Å². The zero-order valence-corrected chi connectivity index (χ0v) is 45.7. The molecule has 84 heavy (non-hydrogen) atoms. The molecule has 0 fully saturated rings. The molecule has 0 atom stereocenters. The van der Waals surface area contributed by atoms with Crippen LogP contribution in [0.4, 0.5) is 34.1 Å². The van der Waals surface area contributed by atoms with Crippen molar-refractivity contribution in [1.29, 1.82) is 0 Å². The molecule has 0 radical (unpaired) electrons. The molecule has 0 saturated carbocycles. The summed E-state index contributed by atoms with van der Waals surface area (Å²) in [6.45, 7) is 0. The van der Waals surface area contributed by atoms with Gasteiger partial charge in [-0.2, -0.15) is 0 Å². The normalized spacial score (nSPS) is 11.6. The zero-order valence-electron chi connectivity index (χ0n) is 45.7. The van der Waals surface area contributed by atoms with Crippen molar-refractivity contribution in [2.45, 2.75) is 0 Å². The number of nitrogens with zero attached hydrogens (tertiary/aromatic N) is 6. The van der Waals surface area contributed by atoms with Gasteiger partial charge in [0.2, 0.25) is 0 Å². The summed E-state index contributed by atoms with van der Waals surface area (Å²) in [6.07, 6.45) is 0. The number of anilines is 6. The van der Waals surface area contributed by atoms with Crippen LogP contribution >= 0.6 is 0 Å². The fourth-order valence-electron chi connectivity index (χ4n) is 12.6. The average molecular weight is 1070 g/mol. The molecule has 13 aromatic carbocycles. The fraction of sp³-hybridized carbons (Fsp3) is 0. The molecule has 6 nitrogen and oxygen atoms in total. The van der Waals surface area contributed by atoms with E-state index in [1.54, 1.807) is 0 Å². The molecule has 0 aliphatic heterocycles. The van der Waals surface area contributed by atoms with Gasteiger partial charge in [-0.15, -0.1) is 0 Å². The predicted molar refractivity (Wildman–Crippen MR) is 351 cm³/mol. The SMILES string of the molecule is c1ccc(N(c2ccc(-c3nc4cccc(-c5ccc6ccccc6c5)c4nc3-c3ccc(N(c4ccccc4)c4ccc(-n5c6ccccc6c6ccccc65)cc4)cc3)cc2)c2ccc(-n3c4ccccc4c4ccccc43)cc2)cc1. The third kappa shape index (κ3) is 8.35. The molecule has 16 rings (SSSR count). The highest BCUT2D eigenvalue weighted by atomic mass is 15.1. The molecular formula is C78H52N6. The molecule has 394 valence electrons. The molecule has 0 unspecified atom stereocenters. The van der Waals surface area contributed by atoms with Crippen molar-refractivity contribution in [3.63, 3.8) is 0 Å². The first-order valence-corrected chi connectivity index (χ1v) is 28.6. The van der Waals surface area contributed by atoms with E-state index >= 15 is 0 Å².